The highest BCUT2D eigenvalue weighted by Gasteiger charge is 2.30. The van der Waals surface area contributed by atoms with Crippen LogP contribution in [0.15, 0.2) is 12.2 Å². The first kappa shape index (κ1) is 17.1. The fourth-order valence-corrected chi connectivity index (χ4v) is 1.60. The second-order valence-electron chi connectivity index (χ2n) is 4.79. The lowest BCUT2D eigenvalue weighted by Gasteiger charge is -2.25. The van der Waals surface area contributed by atoms with E-state index < -0.39 is 18.4 Å². The zero-order valence-electron chi connectivity index (χ0n) is 11.6. The average molecular weight is 258 g/mol. The third kappa shape index (κ3) is 7.45. The molecule has 0 aromatic carbocycles. The van der Waals surface area contributed by atoms with E-state index in [-0.39, 0.29) is 12.0 Å². The Balaban J connectivity index is 3.93. The van der Waals surface area contributed by atoms with Crippen LogP contribution in [0.25, 0.3) is 0 Å². The maximum atomic E-state index is 11.3. The molecule has 0 saturated carbocycles. The number of carbonyl (C=O) groups excluding carboxylic acids is 1. The fourth-order valence-electron chi connectivity index (χ4n) is 1.60. The minimum absolute atomic E-state index is 0.213. The molecule has 0 heterocycles. The van der Waals surface area contributed by atoms with Crippen LogP contribution in [0.5, 0.6) is 0 Å². The van der Waals surface area contributed by atoms with Gasteiger partial charge in [0.1, 0.15) is 6.61 Å². The molecule has 1 unspecified atom stereocenters. The van der Waals surface area contributed by atoms with E-state index in [0.717, 1.165) is 19.3 Å². The molecule has 0 fully saturated rings. The van der Waals surface area contributed by atoms with Crippen molar-refractivity contribution in [2.24, 2.45) is 0 Å². The predicted molar refractivity (Wildman–Crippen MR) is 70.9 cm³/mol. The molecule has 1 atom stereocenters. The monoisotopic (exact) mass is 258 g/mol. The summed E-state index contributed by atoms with van der Waals surface area (Å²) in [4.78, 5) is 11.3. The van der Waals surface area contributed by atoms with E-state index in [9.17, 15) is 9.90 Å². The van der Waals surface area contributed by atoms with Crippen molar-refractivity contribution in [2.75, 3.05) is 6.61 Å². The normalized spacial score (nSPS) is 14.0. The topological polar surface area (TPSA) is 66.8 Å². The molecule has 106 valence electrons. The van der Waals surface area contributed by atoms with Gasteiger partial charge in [0.15, 0.2) is 0 Å². The molecule has 0 aliphatic rings. The number of hydrogen-bond acceptors (Lipinski definition) is 4. The molecule has 0 amide bonds. The van der Waals surface area contributed by atoms with E-state index in [1.807, 2.05) is 0 Å². The largest absolute Gasteiger partial charge is 0.427 e. The maximum Gasteiger partial charge on any atom is 0.335 e. The SMILES string of the molecule is C=C(C)C(=O)OC(O)(CO)CCCCCCCC. The lowest BCUT2D eigenvalue weighted by Crippen LogP contribution is -2.39. The summed E-state index contributed by atoms with van der Waals surface area (Å²) in [5.74, 6) is -2.43. The highest BCUT2D eigenvalue weighted by Crippen LogP contribution is 2.18. The summed E-state index contributed by atoms with van der Waals surface area (Å²) in [7, 11) is 0. The van der Waals surface area contributed by atoms with Crippen molar-refractivity contribution in [3.8, 4) is 0 Å². The Hall–Kier alpha value is -0.870. The van der Waals surface area contributed by atoms with E-state index in [1.165, 1.54) is 26.2 Å². The summed E-state index contributed by atoms with van der Waals surface area (Å²) >= 11 is 0. The van der Waals surface area contributed by atoms with Crippen LogP contribution in [0.4, 0.5) is 0 Å². The third-order valence-electron chi connectivity index (χ3n) is 2.80. The van der Waals surface area contributed by atoms with Gasteiger partial charge in [-0.25, -0.2) is 4.79 Å². The Labute approximate surface area is 110 Å². The molecule has 0 aromatic heterocycles. The Kier molecular flexibility index (Phi) is 8.67. The zero-order valence-corrected chi connectivity index (χ0v) is 11.6. The number of rotatable bonds is 10. The molecule has 0 aliphatic heterocycles. The van der Waals surface area contributed by atoms with Gasteiger partial charge in [-0.05, 0) is 13.3 Å². The minimum atomic E-state index is -1.76. The molecule has 2 N–H and O–H groups in total. The van der Waals surface area contributed by atoms with Crippen molar-refractivity contribution < 1.29 is 19.7 Å². The van der Waals surface area contributed by atoms with Crippen LogP contribution in [0, 0.1) is 0 Å². The zero-order chi connectivity index (χ0) is 14.0. The van der Waals surface area contributed by atoms with Crippen molar-refractivity contribution in [3.05, 3.63) is 12.2 Å². The molecule has 18 heavy (non-hydrogen) atoms. The van der Waals surface area contributed by atoms with Crippen LogP contribution in [0.2, 0.25) is 0 Å². The maximum absolute atomic E-state index is 11.3. The Morgan fingerprint density at radius 2 is 1.78 bits per heavy atom. The van der Waals surface area contributed by atoms with Crippen LogP contribution >= 0.6 is 0 Å². The molecule has 0 bridgehead atoms. The van der Waals surface area contributed by atoms with Crippen LogP contribution in [-0.2, 0) is 9.53 Å². The van der Waals surface area contributed by atoms with Gasteiger partial charge in [-0.1, -0.05) is 45.6 Å². The molecule has 0 radical (unpaired) electrons. The number of unbranched alkanes of at least 4 members (excludes halogenated alkanes) is 5. The van der Waals surface area contributed by atoms with Crippen molar-refractivity contribution in [3.63, 3.8) is 0 Å². The van der Waals surface area contributed by atoms with Gasteiger partial charge in [0.05, 0.1) is 0 Å². The Morgan fingerprint density at radius 1 is 1.22 bits per heavy atom. The summed E-state index contributed by atoms with van der Waals surface area (Å²) in [6.45, 7) is 6.51. The van der Waals surface area contributed by atoms with Crippen LogP contribution in [0.3, 0.4) is 0 Å². The van der Waals surface area contributed by atoms with E-state index in [0.29, 0.717) is 0 Å². The van der Waals surface area contributed by atoms with E-state index >= 15 is 0 Å². The molecule has 0 rings (SSSR count). The number of ether oxygens (including phenoxy) is 1. The first-order valence-electron chi connectivity index (χ1n) is 6.67. The lowest BCUT2D eigenvalue weighted by atomic mass is 10.1. The number of aliphatic hydroxyl groups is 2. The summed E-state index contributed by atoms with van der Waals surface area (Å²) in [6, 6.07) is 0. The number of carbonyl (C=O) groups is 1. The molecular formula is C14H26O4. The first-order valence-corrected chi connectivity index (χ1v) is 6.67. The van der Waals surface area contributed by atoms with Crippen LogP contribution < -0.4 is 0 Å². The molecule has 0 saturated heterocycles. The van der Waals surface area contributed by atoms with E-state index in [2.05, 4.69) is 13.5 Å². The number of aliphatic hydroxyl groups excluding tert-OH is 1. The molecule has 0 spiro atoms. The standard InChI is InChI=1S/C14H26O4/c1-4-5-6-7-8-9-10-14(17,11-15)18-13(16)12(2)3/h15,17H,2,4-11H2,1,3H3. The number of esters is 1. The van der Waals surface area contributed by atoms with Crippen molar-refractivity contribution in [1.29, 1.82) is 0 Å². The van der Waals surface area contributed by atoms with E-state index in [1.54, 1.807) is 0 Å². The highest BCUT2D eigenvalue weighted by atomic mass is 16.7. The molecular weight excluding hydrogens is 232 g/mol. The smallest absolute Gasteiger partial charge is 0.335 e. The summed E-state index contributed by atoms with van der Waals surface area (Å²) < 4.78 is 4.84. The van der Waals surface area contributed by atoms with Gasteiger partial charge in [0.25, 0.3) is 0 Å². The quantitative estimate of drug-likeness (QED) is 0.273. The highest BCUT2D eigenvalue weighted by molar-refractivity contribution is 5.87. The average Bonchev–Trinajstić information content (AvgIpc) is 2.33. The molecule has 4 heteroatoms. The Morgan fingerprint density at radius 3 is 2.28 bits per heavy atom. The van der Waals surface area contributed by atoms with Gasteiger partial charge in [-0.15, -0.1) is 0 Å². The molecule has 0 aromatic rings. The Bertz CT molecular complexity index is 263. The minimum Gasteiger partial charge on any atom is -0.427 e. The third-order valence-corrected chi connectivity index (χ3v) is 2.80. The second kappa shape index (κ2) is 9.11. The summed E-state index contributed by atoms with van der Waals surface area (Å²) in [6.07, 6.45) is 6.64. The summed E-state index contributed by atoms with van der Waals surface area (Å²) in [5.41, 5.74) is 0.213. The fraction of sp³-hybridized carbons (Fsp3) is 0.786. The van der Waals surface area contributed by atoms with E-state index in [4.69, 9.17) is 9.84 Å². The first-order chi connectivity index (χ1) is 8.45. The van der Waals surface area contributed by atoms with Crippen molar-refractivity contribution in [2.45, 2.75) is 64.6 Å². The number of hydrogen-bond donors (Lipinski definition) is 2. The second-order valence-corrected chi connectivity index (χ2v) is 4.79. The van der Waals surface area contributed by atoms with Gasteiger partial charge >= 0.3 is 5.97 Å². The lowest BCUT2D eigenvalue weighted by molar-refractivity contribution is -0.222. The molecule has 0 aliphatic carbocycles. The van der Waals surface area contributed by atoms with Crippen LogP contribution in [0.1, 0.15) is 58.8 Å². The van der Waals surface area contributed by atoms with Gasteiger partial charge < -0.3 is 14.9 Å². The van der Waals surface area contributed by atoms with Crippen molar-refractivity contribution >= 4 is 5.97 Å². The van der Waals surface area contributed by atoms with Crippen molar-refractivity contribution in [1.82, 2.24) is 0 Å². The summed E-state index contributed by atoms with van der Waals surface area (Å²) in [5, 5.41) is 19.0. The predicted octanol–water partition coefficient (Wildman–Crippen LogP) is 2.54. The van der Waals surface area contributed by atoms with Gasteiger partial charge in [0.2, 0.25) is 5.79 Å². The van der Waals surface area contributed by atoms with Gasteiger partial charge in [-0.2, -0.15) is 0 Å². The molecule has 4 nitrogen and oxygen atoms in total. The van der Waals surface area contributed by atoms with Gasteiger partial charge in [0, 0.05) is 12.0 Å². The van der Waals surface area contributed by atoms with Gasteiger partial charge in [-0.3, -0.25) is 0 Å². The van der Waals surface area contributed by atoms with Crippen LogP contribution in [-0.4, -0.2) is 28.6 Å².